The third-order valence-electron chi connectivity index (χ3n) is 3.90. The van der Waals surface area contributed by atoms with E-state index in [2.05, 4.69) is 33.0 Å². The van der Waals surface area contributed by atoms with Crippen molar-refractivity contribution in [2.24, 2.45) is 0 Å². The van der Waals surface area contributed by atoms with Crippen LogP contribution in [0.5, 0.6) is 5.75 Å². The number of amides is 1. The maximum absolute atomic E-state index is 13.2. The molecule has 134 valence electrons. The van der Waals surface area contributed by atoms with E-state index >= 15 is 0 Å². The topological polar surface area (TPSA) is 38.3 Å². The van der Waals surface area contributed by atoms with Gasteiger partial charge in [-0.25, -0.2) is 4.39 Å². The van der Waals surface area contributed by atoms with E-state index in [1.807, 2.05) is 18.2 Å². The Morgan fingerprint density at radius 2 is 1.72 bits per heavy atom. The Labute approximate surface area is 153 Å². The highest BCUT2D eigenvalue weighted by molar-refractivity contribution is 6.30. The number of rotatable bonds is 6. The number of carbonyl (C=O) groups is 1. The van der Waals surface area contributed by atoms with E-state index in [-0.39, 0.29) is 29.4 Å². The van der Waals surface area contributed by atoms with Crippen molar-refractivity contribution in [2.75, 3.05) is 11.9 Å². The Balaban J connectivity index is 2.13. The molecule has 1 N–H and O–H groups in total. The van der Waals surface area contributed by atoms with Crippen molar-refractivity contribution in [3.8, 4) is 5.75 Å². The van der Waals surface area contributed by atoms with Crippen molar-refractivity contribution in [3.63, 3.8) is 0 Å². The van der Waals surface area contributed by atoms with Crippen LogP contribution < -0.4 is 10.1 Å². The maximum Gasteiger partial charge on any atom is 0.262 e. The monoisotopic (exact) mass is 363 g/mol. The molecule has 2 rings (SSSR count). The Bertz CT molecular complexity index is 733. The number of anilines is 1. The first-order chi connectivity index (χ1) is 11.8. The molecule has 0 aliphatic heterocycles. The fourth-order valence-corrected chi connectivity index (χ4v) is 2.76. The third-order valence-corrected chi connectivity index (χ3v) is 4.19. The lowest BCUT2D eigenvalue weighted by Crippen LogP contribution is -2.22. The maximum atomic E-state index is 13.2. The van der Waals surface area contributed by atoms with Crippen LogP contribution >= 0.6 is 11.6 Å². The predicted molar refractivity (Wildman–Crippen MR) is 100 cm³/mol. The van der Waals surface area contributed by atoms with E-state index < -0.39 is 5.82 Å². The summed E-state index contributed by atoms with van der Waals surface area (Å²) in [4.78, 5) is 12.3. The summed E-state index contributed by atoms with van der Waals surface area (Å²) in [7, 11) is 0. The Hall–Kier alpha value is -2.07. The average Bonchev–Trinajstić information content (AvgIpc) is 2.55. The molecule has 1 amide bonds. The largest absolute Gasteiger partial charge is 0.484 e. The number of halogens is 2. The fourth-order valence-electron chi connectivity index (χ4n) is 2.59. The summed E-state index contributed by atoms with van der Waals surface area (Å²) in [6.07, 6.45) is 0. The van der Waals surface area contributed by atoms with Crippen LogP contribution in [0.3, 0.4) is 0 Å². The molecule has 0 spiro atoms. The molecular formula is C20H23ClFNO2. The number of hydrogen-bond donors (Lipinski definition) is 1. The van der Waals surface area contributed by atoms with Gasteiger partial charge in [0.2, 0.25) is 0 Å². The van der Waals surface area contributed by atoms with Gasteiger partial charge in [0.15, 0.2) is 6.61 Å². The Kier molecular flexibility index (Phi) is 6.43. The van der Waals surface area contributed by atoms with Crippen LogP contribution in [-0.4, -0.2) is 12.5 Å². The zero-order chi connectivity index (χ0) is 18.6. The second kappa shape index (κ2) is 8.34. The van der Waals surface area contributed by atoms with Crippen molar-refractivity contribution in [1.82, 2.24) is 0 Å². The first-order valence-corrected chi connectivity index (χ1v) is 8.68. The smallest absolute Gasteiger partial charge is 0.262 e. The van der Waals surface area contributed by atoms with Crippen molar-refractivity contribution in [3.05, 3.63) is 58.4 Å². The summed E-state index contributed by atoms with van der Waals surface area (Å²) >= 11 is 5.71. The van der Waals surface area contributed by atoms with Crippen LogP contribution in [0.4, 0.5) is 10.1 Å². The molecule has 0 unspecified atom stereocenters. The highest BCUT2D eigenvalue weighted by Crippen LogP contribution is 2.32. The lowest BCUT2D eigenvalue weighted by atomic mass is 9.92. The molecule has 0 fully saturated rings. The molecule has 0 heterocycles. The molecule has 0 atom stereocenters. The summed E-state index contributed by atoms with van der Waals surface area (Å²) in [5.41, 5.74) is 3.02. The Morgan fingerprint density at radius 3 is 2.24 bits per heavy atom. The van der Waals surface area contributed by atoms with Gasteiger partial charge in [0, 0.05) is 11.8 Å². The van der Waals surface area contributed by atoms with Gasteiger partial charge in [-0.15, -0.1) is 0 Å². The average molecular weight is 364 g/mol. The molecule has 0 aliphatic carbocycles. The number of para-hydroxylation sites is 1. The molecule has 5 heteroatoms. The first-order valence-electron chi connectivity index (χ1n) is 8.30. The summed E-state index contributed by atoms with van der Waals surface area (Å²) in [6.45, 7) is 8.18. The molecule has 25 heavy (non-hydrogen) atoms. The first kappa shape index (κ1) is 19.3. The highest BCUT2D eigenvalue weighted by atomic mass is 35.5. The quantitative estimate of drug-likeness (QED) is 0.710. The second-order valence-corrected chi connectivity index (χ2v) is 6.94. The fraction of sp³-hybridized carbons (Fsp3) is 0.350. The summed E-state index contributed by atoms with van der Waals surface area (Å²) in [6, 6.07) is 10.1. The van der Waals surface area contributed by atoms with E-state index in [4.69, 9.17) is 16.3 Å². The molecule has 0 saturated carbocycles. The number of nitrogens with one attached hydrogen (secondary N) is 1. The minimum Gasteiger partial charge on any atom is -0.484 e. The number of ether oxygens (including phenoxy) is 1. The molecule has 2 aromatic carbocycles. The normalized spacial score (nSPS) is 11.0. The van der Waals surface area contributed by atoms with Crippen LogP contribution in [0.1, 0.15) is 50.7 Å². The highest BCUT2D eigenvalue weighted by Gasteiger charge is 2.16. The lowest BCUT2D eigenvalue weighted by Gasteiger charge is -2.20. The van der Waals surface area contributed by atoms with Gasteiger partial charge in [-0.1, -0.05) is 57.5 Å². The van der Waals surface area contributed by atoms with Crippen molar-refractivity contribution in [1.29, 1.82) is 0 Å². The van der Waals surface area contributed by atoms with Crippen molar-refractivity contribution >= 4 is 23.2 Å². The van der Waals surface area contributed by atoms with Gasteiger partial charge in [-0.2, -0.15) is 0 Å². The SMILES string of the molecule is CC(C)c1cccc(C(C)C)c1NC(=O)COc1ccc(F)c(Cl)c1. The second-order valence-electron chi connectivity index (χ2n) is 6.53. The van der Waals surface area contributed by atoms with Gasteiger partial charge in [0.25, 0.3) is 5.91 Å². The zero-order valence-corrected chi connectivity index (χ0v) is 15.7. The van der Waals surface area contributed by atoms with Crippen LogP contribution in [0.2, 0.25) is 5.02 Å². The molecule has 0 saturated heterocycles. The van der Waals surface area contributed by atoms with Crippen LogP contribution in [0, 0.1) is 5.82 Å². The van der Waals surface area contributed by atoms with Crippen molar-refractivity contribution < 1.29 is 13.9 Å². The number of benzene rings is 2. The van der Waals surface area contributed by atoms with Gasteiger partial charge < -0.3 is 10.1 Å². The van der Waals surface area contributed by atoms with E-state index in [1.165, 1.54) is 18.2 Å². The van der Waals surface area contributed by atoms with Gasteiger partial charge in [0.05, 0.1) is 5.02 Å². The van der Waals surface area contributed by atoms with Crippen LogP contribution in [0.15, 0.2) is 36.4 Å². The van der Waals surface area contributed by atoms with E-state index in [9.17, 15) is 9.18 Å². The predicted octanol–water partition coefficient (Wildman–Crippen LogP) is 5.74. The van der Waals surface area contributed by atoms with E-state index in [0.717, 1.165) is 16.8 Å². The van der Waals surface area contributed by atoms with Gasteiger partial charge >= 0.3 is 0 Å². The van der Waals surface area contributed by atoms with E-state index in [1.54, 1.807) is 0 Å². The van der Waals surface area contributed by atoms with Gasteiger partial charge in [0.1, 0.15) is 11.6 Å². The van der Waals surface area contributed by atoms with Gasteiger partial charge in [-0.3, -0.25) is 4.79 Å². The standard InChI is InChI=1S/C20H23ClFNO2/c1-12(2)15-6-5-7-16(13(3)4)20(15)23-19(24)11-25-14-8-9-18(22)17(21)10-14/h5-10,12-13H,11H2,1-4H3,(H,23,24). The number of hydrogen-bond acceptors (Lipinski definition) is 2. The third kappa shape index (κ3) is 4.95. The molecule has 3 nitrogen and oxygen atoms in total. The van der Waals surface area contributed by atoms with Gasteiger partial charge in [-0.05, 0) is 35.1 Å². The number of carbonyl (C=O) groups excluding carboxylic acids is 1. The molecule has 0 aliphatic rings. The zero-order valence-electron chi connectivity index (χ0n) is 14.9. The molecule has 0 bridgehead atoms. The molecular weight excluding hydrogens is 341 g/mol. The molecule has 0 aromatic heterocycles. The summed E-state index contributed by atoms with van der Waals surface area (Å²) in [5, 5.41) is 2.93. The van der Waals surface area contributed by atoms with Crippen molar-refractivity contribution in [2.45, 2.75) is 39.5 Å². The summed E-state index contributed by atoms with van der Waals surface area (Å²) in [5.74, 6) is 0.126. The molecule has 2 aromatic rings. The van der Waals surface area contributed by atoms with Crippen LogP contribution in [-0.2, 0) is 4.79 Å². The molecule has 0 radical (unpaired) electrons. The lowest BCUT2D eigenvalue weighted by molar-refractivity contribution is -0.118. The summed E-state index contributed by atoms with van der Waals surface area (Å²) < 4.78 is 18.6. The van der Waals surface area contributed by atoms with E-state index in [0.29, 0.717) is 5.75 Å². The minimum absolute atomic E-state index is 0.0369. The minimum atomic E-state index is -0.522. The van der Waals surface area contributed by atoms with Crippen LogP contribution in [0.25, 0.3) is 0 Å². The Morgan fingerprint density at radius 1 is 1.12 bits per heavy atom.